The highest BCUT2D eigenvalue weighted by molar-refractivity contribution is 6.06. The van der Waals surface area contributed by atoms with Crippen LogP contribution in [0.4, 0.5) is 11.4 Å². The van der Waals surface area contributed by atoms with Gasteiger partial charge in [-0.25, -0.2) is 0 Å². The molecule has 2 aromatic rings. The van der Waals surface area contributed by atoms with Gasteiger partial charge in [-0.15, -0.1) is 0 Å². The highest BCUT2D eigenvalue weighted by Gasteiger charge is 2.22. The maximum Gasteiger partial charge on any atom is 0.255 e. The topological polar surface area (TPSA) is 70.7 Å². The minimum absolute atomic E-state index is 0.158. The van der Waals surface area contributed by atoms with Crippen LogP contribution in [0.25, 0.3) is 0 Å². The number of benzene rings is 2. The van der Waals surface area contributed by atoms with Gasteiger partial charge in [-0.3, -0.25) is 9.59 Å². The zero-order chi connectivity index (χ0) is 22.2. The van der Waals surface area contributed by atoms with Crippen molar-refractivity contribution in [1.29, 1.82) is 0 Å². The molecule has 2 aromatic carbocycles. The van der Waals surface area contributed by atoms with Crippen LogP contribution < -0.4 is 15.5 Å². The van der Waals surface area contributed by atoms with Crippen LogP contribution in [0.2, 0.25) is 0 Å². The number of rotatable bonds is 8. The molecule has 2 N–H and O–H groups in total. The Hall–Kier alpha value is -2.86. The third-order valence-corrected chi connectivity index (χ3v) is 5.84. The lowest BCUT2D eigenvalue weighted by atomic mass is 9.97. The predicted octanol–water partition coefficient (Wildman–Crippen LogP) is 4.11. The van der Waals surface area contributed by atoms with Gasteiger partial charge in [0.25, 0.3) is 11.8 Å². The average Bonchev–Trinajstić information content (AvgIpc) is 2.80. The number of hydrogen-bond donors (Lipinski definition) is 2. The maximum atomic E-state index is 12.9. The van der Waals surface area contributed by atoms with E-state index >= 15 is 0 Å². The summed E-state index contributed by atoms with van der Waals surface area (Å²) in [5, 5.41) is 5.84. The molecule has 0 aromatic heterocycles. The lowest BCUT2D eigenvalue weighted by molar-refractivity contribution is 0.0936. The Morgan fingerprint density at radius 2 is 1.77 bits per heavy atom. The SMILES string of the molecule is CCc1ccc(C(=O)Nc2ccc(N3CCC(C)CC3)c(C(=O)NCCOC)c2)cc1. The molecule has 2 amide bonds. The first-order valence-electron chi connectivity index (χ1n) is 11.1. The van der Waals surface area contributed by atoms with Gasteiger partial charge in [0.2, 0.25) is 0 Å². The van der Waals surface area contributed by atoms with E-state index in [9.17, 15) is 9.59 Å². The fourth-order valence-corrected chi connectivity index (χ4v) is 3.78. The molecule has 0 radical (unpaired) electrons. The molecule has 0 spiro atoms. The first-order chi connectivity index (χ1) is 15.0. The number of methoxy groups -OCH3 is 1. The number of ether oxygens (including phenoxy) is 1. The Morgan fingerprint density at radius 3 is 2.42 bits per heavy atom. The van der Waals surface area contributed by atoms with Gasteiger partial charge in [0.1, 0.15) is 0 Å². The minimum Gasteiger partial charge on any atom is -0.383 e. The van der Waals surface area contributed by atoms with Gasteiger partial charge in [-0.05, 0) is 61.1 Å². The van der Waals surface area contributed by atoms with E-state index in [2.05, 4.69) is 29.4 Å². The van der Waals surface area contributed by atoms with Gasteiger partial charge in [0, 0.05) is 43.7 Å². The van der Waals surface area contributed by atoms with Crippen molar-refractivity contribution in [3.63, 3.8) is 0 Å². The summed E-state index contributed by atoms with van der Waals surface area (Å²) in [6, 6.07) is 13.2. The van der Waals surface area contributed by atoms with Crippen molar-refractivity contribution in [3.8, 4) is 0 Å². The number of nitrogens with zero attached hydrogens (tertiary/aromatic N) is 1. The fourth-order valence-electron chi connectivity index (χ4n) is 3.78. The molecule has 166 valence electrons. The standard InChI is InChI=1S/C25H33N3O3/c1-4-19-5-7-20(8-6-19)24(29)27-21-9-10-23(28-14-11-18(2)12-15-28)22(17-21)25(30)26-13-16-31-3/h5-10,17-18H,4,11-16H2,1-3H3,(H,26,30)(H,27,29). The summed E-state index contributed by atoms with van der Waals surface area (Å²) in [7, 11) is 1.61. The second-order valence-electron chi connectivity index (χ2n) is 8.15. The first kappa shape index (κ1) is 22.8. The minimum atomic E-state index is -0.187. The quantitative estimate of drug-likeness (QED) is 0.627. The molecule has 1 aliphatic heterocycles. The summed E-state index contributed by atoms with van der Waals surface area (Å²) in [5.41, 5.74) is 3.87. The fraction of sp³-hybridized carbons (Fsp3) is 0.440. The largest absolute Gasteiger partial charge is 0.383 e. The number of piperidine rings is 1. The van der Waals surface area contributed by atoms with Gasteiger partial charge in [0.15, 0.2) is 0 Å². The number of aryl methyl sites for hydroxylation is 1. The van der Waals surface area contributed by atoms with Crippen molar-refractivity contribution >= 4 is 23.2 Å². The van der Waals surface area contributed by atoms with Crippen molar-refractivity contribution in [2.75, 3.05) is 43.6 Å². The van der Waals surface area contributed by atoms with Crippen LogP contribution in [0, 0.1) is 5.92 Å². The van der Waals surface area contributed by atoms with E-state index < -0.39 is 0 Å². The first-order valence-corrected chi connectivity index (χ1v) is 11.1. The normalized spacial score (nSPS) is 14.4. The van der Waals surface area contributed by atoms with Gasteiger partial charge < -0.3 is 20.3 Å². The summed E-state index contributed by atoms with van der Waals surface area (Å²) in [6.07, 6.45) is 3.15. The number of amides is 2. The van der Waals surface area contributed by atoms with Crippen LogP contribution in [0.15, 0.2) is 42.5 Å². The number of carbonyl (C=O) groups excluding carboxylic acids is 2. The number of hydrogen-bond acceptors (Lipinski definition) is 4. The molecule has 1 aliphatic rings. The van der Waals surface area contributed by atoms with Crippen molar-refractivity contribution in [3.05, 3.63) is 59.2 Å². The smallest absolute Gasteiger partial charge is 0.255 e. The monoisotopic (exact) mass is 423 g/mol. The Kier molecular flexibility index (Phi) is 8.06. The Morgan fingerprint density at radius 1 is 1.06 bits per heavy atom. The third kappa shape index (κ3) is 6.07. The molecule has 0 bridgehead atoms. The highest BCUT2D eigenvalue weighted by Crippen LogP contribution is 2.29. The van der Waals surface area contributed by atoms with Crippen molar-refractivity contribution in [1.82, 2.24) is 5.32 Å². The predicted molar refractivity (Wildman–Crippen MR) is 125 cm³/mol. The Labute approximate surface area is 185 Å². The van der Waals surface area contributed by atoms with Crippen LogP contribution >= 0.6 is 0 Å². The van der Waals surface area contributed by atoms with Crippen molar-refractivity contribution in [2.24, 2.45) is 5.92 Å². The molecule has 0 atom stereocenters. The summed E-state index contributed by atoms with van der Waals surface area (Å²) in [5.74, 6) is 0.356. The van der Waals surface area contributed by atoms with Crippen LogP contribution in [0.5, 0.6) is 0 Å². The van der Waals surface area contributed by atoms with E-state index in [1.165, 1.54) is 5.56 Å². The zero-order valence-corrected chi connectivity index (χ0v) is 18.7. The Balaban J connectivity index is 1.81. The molecule has 3 rings (SSSR count). The lowest BCUT2D eigenvalue weighted by Crippen LogP contribution is -2.35. The van der Waals surface area contributed by atoms with Gasteiger partial charge >= 0.3 is 0 Å². The molecular weight excluding hydrogens is 390 g/mol. The summed E-state index contributed by atoms with van der Waals surface area (Å²) in [6.45, 7) is 7.09. The van der Waals surface area contributed by atoms with E-state index in [0.717, 1.165) is 38.0 Å². The van der Waals surface area contributed by atoms with E-state index in [1.54, 1.807) is 13.2 Å². The van der Waals surface area contributed by atoms with E-state index in [0.29, 0.717) is 35.9 Å². The molecule has 6 heteroatoms. The zero-order valence-electron chi connectivity index (χ0n) is 18.7. The van der Waals surface area contributed by atoms with Crippen LogP contribution in [0.3, 0.4) is 0 Å². The van der Waals surface area contributed by atoms with E-state index in [-0.39, 0.29) is 11.8 Å². The molecule has 0 unspecified atom stereocenters. The highest BCUT2D eigenvalue weighted by atomic mass is 16.5. The van der Waals surface area contributed by atoms with E-state index in [4.69, 9.17) is 4.74 Å². The molecule has 31 heavy (non-hydrogen) atoms. The average molecular weight is 424 g/mol. The van der Waals surface area contributed by atoms with Gasteiger partial charge in [0.05, 0.1) is 12.2 Å². The Bertz CT molecular complexity index is 887. The van der Waals surface area contributed by atoms with Crippen LogP contribution in [-0.4, -0.2) is 45.2 Å². The summed E-state index contributed by atoms with van der Waals surface area (Å²) < 4.78 is 5.05. The third-order valence-electron chi connectivity index (χ3n) is 5.84. The van der Waals surface area contributed by atoms with E-state index in [1.807, 2.05) is 36.4 Å². The molecule has 0 saturated carbocycles. The molecule has 1 heterocycles. The number of nitrogens with one attached hydrogen (secondary N) is 2. The number of anilines is 2. The summed E-state index contributed by atoms with van der Waals surface area (Å²) >= 11 is 0. The molecule has 1 fully saturated rings. The second kappa shape index (κ2) is 11.0. The van der Waals surface area contributed by atoms with Crippen LogP contribution in [0.1, 0.15) is 53.0 Å². The summed E-state index contributed by atoms with van der Waals surface area (Å²) in [4.78, 5) is 27.9. The van der Waals surface area contributed by atoms with Gasteiger partial charge in [-0.1, -0.05) is 26.0 Å². The molecule has 6 nitrogen and oxygen atoms in total. The molecule has 1 saturated heterocycles. The molecular formula is C25H33N3O3. The van der Waals surface area contributed by atoms with Gasteiger partial charge in [-0.2, -0.15) is 0 Å². The van der Waals surface area contributed by atoms with Crippen LogP contribution in [-0.2, 0) is 11.2 Å². The molecule has 0 aliphatic carbocycles. The van der Waals surface area contributed by atoms with Crippen molar-refractivity contribution in [2.45, 2.75) is 33.1 Å². The second-order valence-corrected chi connectivity index (χ2v) is 8.15. The maximum absolute atomic E-state index is 12.9. The lowest BCUT2D eigenvalue weighted by Gasteiger charge is -2.33. The number of carbonyl (C=O) groups is 2. The van der Waals surface area contributed by atoms with Crippen molar-refractivity contribution < 1.29 is 14.3 Å².